The van der Waals surface area contributed by atoms with Crippen LogP contribution in [0.5, 0.6) is 17.2 Å². The third kappa shape index (κ3) is 6.25. The van der Waals surface area contributed by atoms with E-state index in [-0.39, 0.29) is 19.1 Å². The summed E-state index contributed by atoms with van der Waals surface area (Å²) in [4.78, 5) is 27.0. The Hall–Kier alpha value is -3.48. The number of rotatable bonds is 10. The Kier molecular flexibility index (Phi) is 8.94. The Morgan fingerprint density at radius 3 is 2.13 bits per heavy atom. The molecule has 0 radical (unpaired) electrons. The lowest BCUT2D eigenvalue weighted by Gasteiger charge is -2.28. The number of esters is 1. The molecule has 2 rings (SSSR count). The first-order valence-corrected chi connectivity index (χ1v) is 9.94. The highest BCUT2D eigenvalue weighted by atomic mass is 16.5. The van der Waals surface area contributed by atoms with E-state index in [1.807, 2.05) is 30.3 Å². The van der Waals surface area contributed by atoms with Gasteiger partial charge in [0.05, 0.1) is 40.0 Å². The second kappa shape index (κ2) is 11.6. The smallest absolute Gasteiger partial charge is 0.328 e. The summed E-state index contributed by atoms with van der Waals surface area (Å²) < 4.78 is 21.4. The van der Waals surface area contributed by atoms with Crippen molar-refractivity contribution in [3.8, 4) is 17.2 Å². The minimum Gasteiger partial charge on any atom is -0.496 e. The monoisotopic (exact) mass is 427 g/mol. The van der Waals surface area contributed by atoms with Gasteiger partial charge in [-0.2, -0.15) is 0 Å². The van der Waals surface area contributed by atoms with Crippen molar-refractivity contribution in [2.24, 2.45) is 0 Å². The third-order valence-corrected chi connectivity index (χ3v) is 4.74. The minimum absolute atomic E-state index is 0.0777. The van der Waals surface area contributed by atoms with Crippen LogP contribution in [0.25, 0.3) is 6.08 Å². The SMILES string of the molecule is CCOC(=O)[C@H](C)N(Cc1c(OC)cc(OC)cc1OC)C(=O)C=Cc1ccccc1. The maximum atomic E-state index is 13.1. The van der Waals surface area contributed by atoms with E-state index in [0.29, 0.717) is 22.8 Å². The van der Waals surface area contributed by atoms with Crippen LogP contribution in [-0.4, -0.2) is 50.8 Å². The van der Waals surface area contributed by atoms with Gasteiger partial charge in [-0.3, -0.25) is 4.79 Å². The molecule has 0 aliphatic carbocycles. The number of hydrogen-bond acceptors (Lipinski definition) is 6. The van der Waals surface area contributed by atoms with Crippen molar-refractivity contribution in [2.75, 3.05) is 27.9 Å². The lowest BCUT2D eigenvalue weighted by molar-refractivity contribution is -0.153. The molecule has 166 valence electrons. The van der Waals surface area contributed by atoms with Gasteiger partial charge in [-0.25, -0.2) is 4.79 Å². The molecule has 31 heavy (non-hydrogen) atoms. The fraction of sp³-hybridized carbons (Fsp3) is 0.333. The van der Waals surface area contributed by atoms with Crippen LogP contribution < -0.4 is 14.2 Å². The second-order valence-electron chi connectivity index (χ2n) is 6.65. The van der Waals surface area contributed by atoms with Gasteiger partial charge in [-0.1, -0.05) is 30.3 Å². The number of carbonyl (C=O) groups is 2. The molecule has 0 unspecified atom stereocenters. The molecule has 0 aromatic heterocycles. The minimum atomic E-state index is -0.815. The number of nitrogens with zero attached hydrogens (tertiary/aromatic N) is 1. The summed E-state index contributed by atoms with van der Waals surface area (Å²) in [7, 11) is 4.59. The van der Waals surface area contributed by atoms with Crippen LogP contribution in [0.4, 0.5) is 0 Å². The van der Waals surface area contributed by atoms with Crippen molar-refractivity contribution in [3.05, 3.63) is 59.7 Å². The topological polar surface area (TPSA) is 74.3 Å². The normalized spacial score (nSPS) is 11.6. The Morgan fingerprint density at radius 1 is 1.00 bits per heavy atom. The molecule has 2 aromatic rings. The first kappa shape index (κ1) is 23.8. The van der Waals surface area contributed by atoms with E-state index in [1.165, 1.54) is 25.2 Å². The zero-order chi connectivity index (χ0) is 22.8. The molecule has 0 aliphatic heterocycles. The predicted molar refractivity (Wildman–Crippen MR) is 118 cm³/mol. The van der Waals surface area contributed by atoms with Gasteiger partial charge in [0.25, 0.3) is 0 Å². The molecule has 0 spiro atoms. The first-order chi connectivity index (χ1) is 14.9. The fourth-order valence-corrected chi connectivity index (χ4v) is 3.03. The van der Waals surface area contributed by atoms with Gasteiger partial charge >= 0.3 is 5.97 Å². The van der Waals surface area contributed by atoms with Gasteiger partial charge < -0.3 is 23.8 Å². The third-order valence-electron chi connectivity index (χ3n) is 4.74. The van der Waals surface area contributed by atoms with Crippen LogP contribution in [0.1, 0.15) is 25.0 Å². The number of amides is 1. The highest BCUT2D eigenvalue weighted by molar-refractivity contribution is 5.94. The van der Waals surface area contributed by atoms with Crippen molar-refractivity contribution in [2.45, 2.75) is 26.4 Å². The van der Waals surface area contributed by atoms with Crippen LogP contribution in [0.15, 0.2) is 48.5 Å². The molecular formula is C24H29NO6. The molecule has 1 atom stereocenters. The molecule has 0 saturated heterocycles. The molecule has 2 aromatic carbocycles. The summed E-state index contributed by atoms with van der Waals surface area (Å²) in [6.45, 7) is 3.66. The van der Waals surface area contributed by atoms with Crippen LogP contribution in [-0.2, 0) is 20.9 Å². The number of benzene rings is 2. The zero-order valence-electron chi connectivity index (χ0n) is 18.6. The van der Waals surface area contributed by atoms with E-state index >= 15 is 0 Å². The maximum Gasteiger partial charge on any atom is 0.328 e. The Balaban J connectivity index is 2.42. The van der Waals surface area contributed by atoms with Gasteiger partial charge in [-0.05, 0) is 25.5 Å². The van der Waals surface area contributed by atoms with E-state index in [9.17, 15) is 9.59 Å². The number of hydrogen-bond donors (Lipinski definition) is 0. The van der Waals surface area contributed by atoms with Crippen molar-refractivity contribution in [1.82, 2.24) is 4.90 Å². The first-order valence-electron chi connectivity index (χ1n) is 9.94. The average Bonchev–Trinajstić information content (AvgIpc) is 2.80. The quantitative estimate of drug-likeness (QED) is 0.425. The van der Waals surface area contributed by atoms with Crippen molar-refractivity contribution in [1.29, 1.82) is 0 Å². The number of ether oxygens (including phenoxy) is 4. The summed E-state index contributed by atoms with van der Waals surface area (Å²) >= 11 is 0. The van der Waals surface area contributed by atoms with E-state index in [4.69, 9.17) is 18.9 Å². The fourth-order valence-electron chi connectivity index (χ4n) is 3.03. The van der Waals surface area contributed by atoms with Gasteiger partial charge in [0, 0.05) is 18.2 Å². The van der Waals surface area contributed by atoms with Crippen molar-refractivity contribution < 1.29 is 28.5 Å². The van der Waals surface area contributed by atoms with Crippen LogP contribution in [0.2, 0.25) is 0 Å². The molecule has 0 heterocycles. The van der Waals surface area contributed by atoms with Crippen molar-refractivity contribution >= 4 is 18.0 Å². The highest BCUT2D eigenvalue weighted by Crippen LogP contribution is 2.35. The summed E-state index contributed by atoms with van der Waals surface area (Å²) in [6.07, 6.45) is 3.14. The predicted octanol–water partition coefficient (Wildman–Crippen LogP) is 3.71. The Labute approximate surface area is 183 Å². The number of carbonyl (C=O) groups excluding carboxylic acids is 2. The largest absolute Gasteiger partial charge is 0.496 e. The van der Waals surface area contributed by atoms with Crippen LogP contribution in [0, 0.1) is 0 Å². The molecule has 0 fully saturated rings. The summed E-state index contributed by atoms with van der Waals surface area (Å²) in [5.74, 6) is 0.687. The Bertz CT molecular complexity index is 885. The second-order valence-corrected chi connectivity index (χ2v) is 6.65. The molecular weight excluding hydrogens is 398 g/mol. The maximum absolute atomic E-state index is 13.1. The van der Waals surface area contributed by atoms with Gasteiger partial charge in [0.1, 0.15) is 23.3 Å². The van der Waals surface area contributed by atoms with Crippen LogP contribution in [0.3, 0.4) is 0 Å². The van der Waals surface area contributed by atoms with Crippen LogP contribution >= 0.6 is 0 Å². The van der Waals surface area contributed by atoms with E-state index in [0.717, 1.165) is 5.56 Å². The van der Waals surface area contributed by atoms with Gasteiger partial charge in [0.15, 0.2) is 0 Å². The molecule has 0 N–H and O–H groups in total. The molecule has 0 saturated carbocycles. The van der Waals surface area contributed by atoms with E-state index < -0.39 is 12.0 Å². The lowest BCUT2D eigenvalue weighted by atomic mass is 10.1. The zero-order valence-corrected chi connectivity index (χ0v) is 18.6. The van der Waals surface area contributed by atoms with Crippen molar-refractivity contribution in [3.63, 3.8) is 0 Å². The Morgan fingerprint density at radius 2 is 1.61 bits per heavy atom. The summed E-state index contributed by atoms with van der Waals surface area (Å²) in [6, 6.07) is 12.0. The summed E-state index contributed by atoms with van der Waals surface area (Å²) in [5, 5.41) is 0. The lowest BCUT2D eigenvalue weighted by Crippen LogP contribution is -2.43. The van der Waals surface area contributed by atoms with Gasteiger partial charge in [0.2, 0.25) is 5.91 Å². The number of methoxy groups -OCH3 is 3. The molecule has 0 bridgehead atoms. The van der Waals surface area contributed by atoms with E-state index in [1.54, 1.807) is 39.2 Å². The molecule has 1 amide bonds. The molecule has 7 heteroatoms. The molecule has 7 nitrogen and oxygen atoms in total. The van der Waals surface area contributed by atoms with Gasteiger partial charge in [-0.15, -0.1) is 0 Å². The standard InChI is InChI=1S/C24H29NO6/c1-6-31-24(27)17(2)25(23(26)13-12-18-10-8-7-9-11-18)16-20-21(29-4)14-19(28-3)15-22(20)30-5/h7-15,17H,6,16H2,1-5H3/t17-/m0/s1. The summed E-state index contributed by atoms with van der Waals surface area (Å²) in [5.41, 5.74) is 1.49. The molecule has 0 aliphatic rings. The van der Waals surface area contributed by atoms with E-state index in [2.05, 4.69) is 0 Å². The average molecular weight is 427 g/mol. The highest BCUT2D eigenvalue weighted by Gasteiger charge is 2.28.